The first-order chi connectivity index (χ1) is 8.79. The highest BCUT2D eigenvalue weighted by molar-refractivity contribution is 5.77. The molecule has 0 atom stereocenters. The summed E-state index contributed by atoms with van der Waals surface area (Å²) in [4.78, 5) is 0. The van der Waals surface area contributed by atoms with Gasteiger partial charge >= 0.3 is 6.01 Å². The van der Waals surface area contributed by atoms with Crippen molar-refractivity contribution in [2.24, 2.45) is 0 Å². The Labute approximate surface area is 106 Å². The number of allylic oxidation sites excluding steroid dienone is 1. The third kappa shape index (κ3) is 1.70. The SMILES string of the molecule is CCOc1nnc2n1C=C(C)c1ccccc1C2. The van der Waals surface area contributed by atoms with Gasteiger partial charge in [-0.2, -0.15) is 0 Å². The summed E-state index contributed by atoms with van der Waals surface area (Å²) in [6.45, 7) is 4.64. The van der Waals surface area contributed by atoms with Crippen LogP contribution >= 0.6 is 0 Å². The molecule has 2 aromatic rings. The Morgan fingerprint density at radius 2 is 2.11 bits per heavy atom. The van der Waals surface area contributed by atoms with Crippen molar-refractivity contribution in [3.05, 3.63) is 41.2 Å². The maximum atomic E-state index is 5.49. The number of fused-ring (bicyclic) bond motifs is 2. The van der Waals surface area contributed by atoms with E-state index in [0.717, 1.165) is 12.2 Å². The van der Waals surface area contributed by atoms with Crippen LogP contribution in [0.15, 0.2) is 24.3 Å². The molecular formula is C14H15N3O. The normalized spacial score (nSPS) is 13.3. The van der Waals surface area contributed by atoms with Gasteiger partial charge in [0.25, 0.3) is 0 Å². The highest BCUT2D eigenvalue weighted by atomic mass is 16.5. The van der Waals surface area contributed by atoms with Gasteiger partial charge in [-0.25, -0.2) is 0 Å². The van der Waals surface area contributed by atoms with Crippen molar-refractivity contribution in [2.45, 2.75) is 20.3 Å². The predicted octanol–water partition coefficient (Wildman–Crippen LogP) is 2.60. The van der Waals surface area contributed by atoms with Crippen molar-refractivity contribution in [3.63, 3.8) is 0 Å². The minimum atomic E-state index is 0.569. The standard InChI is InChI=1S/C14H15N3O/c1-3-18-14-16-15-13-8-11-6-4-5-7-12(11)10(2)9-17(13)14/h4-7,9H,3,8H2,1-2H3. The number of aromatic nitrogens is 3. The molecule has 0 spiro atoms. The van der Waals surface area contributed by atoms with Crippen LogP contribution in [0.3, 0.4) is 0 Å². The fourth-order valence-corrected chi connectivity index (χ4v) is 2.28. The third-order valence-electron chi connectivity index (χ3n) is 3.12. The summed E-state index contributed by atoms with van der Waals surface area (Å²) < 4.78 is 7.44. The molecule has 0 aliphatic carbocycles. The summed E-state index contributed by atoms with van der Waals surface area (Å²) >= 11 is 0. The molecule has 1 aliphatic heterocycles. The molecule has 1 aromatic carbocycles. The summed E-state index contributed by atoms with van der Waals surface area (Å²) in [5, 5.41) is 8.29. The molecule has 1 aromatic heterocycles. The molecule has 4 nitrogen and oxygen atoms in total. The molecule has 2 heterocycles. The van der Waals surface area contributed by atoms with Crippen molar-refractivity contribution >= 4 is 11.8 Å². The second-order valence-electron chi connectivity index (χ2n) is 4.35. The van der Waals surface area contributed by atoms with Gasteiger partial charge in [-0.1, -0.05) is 29.4 Å². The Bertz CT molecular complexity index is 613. The van der Waals surface area contributed by atoms with E-state index >= 15 is 0 Å². The van der Waals surface area contributed by atoms with Gasteiger partial charge in [0.15, 0.2) is 0 Å². The van der Waals surface area contributed by atoms with Crippen molar-refractivity contribution in [1.82, 2.24) is 14.8 Å². The van der Waals surface area contributed by atoms with E-state index in [4.69, 9.17) is 4.74 Å². The number of rotatable bonds is 2. The molecule has 1 aliphatic rings. The number of hydrogen-bond acceptors (Lipinski definition) is 3. The zero-order valence-electron chi connectivity index (χ0n) is 10.6. The van der Waals surface area contributed by atoms with Gasteiger partial charge in [-0.15, -0.1) is 5.10 Å². The van der Waals surface area contributed by atoms with Gasteiger partial charge < -0.3 is 4.74 Å². The van der Waals surface area contributed by atoms with E-state index in [9.17, 15) is 0 Å². The van der Waals surface area contributed by atoms with Crippen LogP contribution in [0.2, 0.25) is 0 Å². The van der Waals surface area contributed by atoms with Gasteiger partial charge in [0.1, 0.15) is 5.82 Å². The Balaban J connectivity index is 2.14. The average molecular weight is 241 g/mol. The zero-order chi connectivity index (χ0) is 12.5. The predicted molar refractivity (Wildman–Crippen MR) is 70.3 cm³/mol. The molecule has 0 saturated carbocycles. The smallest absolute Gasteiger partial charge is 0.321 e. The van der Waals surface area contributed by atoms with Crippen LogP contribution in [0.25, 0.3) is 11.8 Å². The van der Waals surface area contributed by atoms with Crippen molar-refractivity contribution in [1.29, 1.82) is 0 Å². The molecule has 3 rings (SSSR count). The second kappa shape index (κ2) is 4.29. The second-order valence-corrected chi connectivity index (χ2v) is 4.35. The molecule has 0 fully saturated rings. The van der Waals surface area contributed by atoms with Gasteiger partial charge in [-0.3, -0.25) is 4.57 Å². The number of hydrogen-bond donors (Lipinski definition) is 0. The van der Waals surface area contributed by atoms with Gasteiger partial charge in [0.2, 0.25) is 0 Å². The first-order valence-electron chi connectivity index (χ1n) is 6.13. The quantitative estimate of drug-likeness (QED) is 0.811. The summed E-state index contributed by atoms with van der Waals surface area (Å²) in [6, 6.07) is 8.96. The highest BCUT2D eigenvalue weighted by Gasteiger charge is 2.17. The zero-order valence-corrected chi connectivity index (χ0v) is 10.6. The molecule has 0 radical (unpaired) electrons. The van der Waals surface area contributed by atoms with Crippen molar-refractivity contribution in [3.8, 4) is 6.01 Å². The summed E-state index contributed by atoms with van der Waals surface area (Å²) in [5.41, 5.74) is 3.75. The van der Waals surface area contributed by atoms with Crippen LogP contribution in [0.5, 0.6) is 6.01 Å². The molecule has 92 valence electrons. The molecule has 0 unspecified atom stereocenters. The third-order valence-corrected chi connectivity index (χ3v) is 3.12. The van der Waals surface area contributed by atoms with Crippen LogP contribution in [0.4, 0.5) is 0 Å². The molecule has 18 heavy (non-hydrogen) atoms. The minimum Gasteiger partial charge on any atom is -0.464 e. The first kappa shape index (κ1) is 11.0. The highest BCUT2D eigenvalue weighted by Crippen LogP contribution is 2.27. The Morgan fingerprint density at radius 1 is 1.28 bits per heavy atom. The maximum absolute atomic E-state index is 5.49. The molecule has 4 heteroatoms. The average Bonchev–Trinajstić information content (AvgIpc) is 2.67. The van der Waals surface area contributed by atoms with E-state index in [1.54, 1.807) is 0 Å². The van der Waals surface area contributed by atoms with E-state index < -0.39 is 0 Å². The lowest BCUT2D eigenvalue weighted by Gasteiger charge is -2.04. The molecule has 0 saturated heterocycles. The summed E-state index contributed by atoms with van der Waals surface area (Å²) in [5.74, 6) is 0.919. The monoisotopic (exact) mass is 241 g/mol. The number of benzene rings is 1. The van der Waals surface area contributed by atoms with E-state index in [1.807, 2.05) is 17.7 Å². The van der Waals surface area contributed by atoms with Crippen LogP contribution < -0.4 is 4.74 Å². The summed E-state index contributed by atoms with van der Waals surface area (Å²) in [6.07, 6.45) is 2.83. The van der Waals surface area contributed by atoms with E-state index in [-0.39, 0.29) is 0 Å². The van der Waals surface area contributed by atoms with Crippen molar-refractivity contribution in [2.75, 3.05) is 6.61 Å². The molecular weight excluding hydrogens is 226 g/mol. The van der Waals surface area contributed by atoms with E-state index in [2.05, 4.69) is 41.4 Å². The summed E-state index contributed by atoms with van der Waals surface area (Å²) in [7, 11) is 0. The Hall–Kier alpha value is -2.10. The number of nitrogens with zero attached hydrogens (tertiary/aromatic N) is 3. The Kier molecular flexibility index (Phi) is 2.63. The lowest BCUT2D eigenvalue weighted by atomic mass is 10.0. The maximum Gasteiger partial charge on any atom is 0.321 e. The minimum absolute atomic E-state index is 0.569. The molecule has 0 bridgehead atoms. The lowest BCUT2D eigenvalue weighted by molar-refractivity contribution is 0.307. The fraction of sp³-hybridized carbons (Fsp3) is 0.286. The van der Waals surface area contributed by atoms with E-state index in [1.165, 1.54) is 16.7 Å². The lowest BCUT2D eigenvalue weighted by Crippen LogP contribution is -2.01. The fourth-order valence-electron chi connectivity index (χ4n) is 2.28. The van der Waals surface area contributed by atoms with Crippen LogP contribution in [0.1, 0.15) is 30.8 Å². The molecule has 0 amide bonds. The topological polar surface area (TPSA) is 39.9 Å². The first-order valence-corrected chi connectivity index (χ1v) is 6.13. The van der Waals surface area contributed by atoms with Gasteiger partial charge in [0.05, 0.1) is 6.61 Å². The van der Waals surface area contributed by atoms with Crippen LogP contribution in [-0.4, -0.2) is 21.4 Å². The Morgan fingerprint density at radius 3 is 2.94 bits per heavy atom. The van der Waals surface area contributed by atoms with E-state index in [0.29, 0.717) is 12.6 Å². The van der Waals surface area contributed by atoms with Crippen LogP contribution in [-0.2, 0) is 6.42 Å². The van der Waals surface area contributed by atoms with Crippen molar-refractivity contribution < 1.29 is 4.74 Å². The van der Waals surface area contributed by atoms with Gasteiger partial charge in [0, 0.05) is 12.6 Å². The van der Waals surface area contributed by atoms with Crippen LogP contribution in [0, 0.1) is 0 Å². The molecule has 0 N–H and O–H groups in total. The largest absolute Gasteiger partial charge is 0.464 e. The number of ether oxygens (including phenoxy) is 1. The van der Waals surface area contributed by atoms with Gasteiger partial charge in [-0.05, 0) is 30.5 Å².